The molecular weight excluding hydrogens is 170 g/mol. The van der Waals surface area contributed by atoms with Crippen molar-refractivity contribution in [2.24, 2.45) is 0 Å². The number of hydrogen-bond acceptors (Lipinski definition) is 1. The fourth-order valence-electron chi connectivity index (χ4n) is 1.21. The monoisotopic (exact) mass is 176 g/mol. The summed E-state index contributed by atoms with van der Waals surface area (Å²) in [6.07, 6.45) is 0.476. The Bertz CT molecular complexity index is 408. The topological polar surface area (TPSA) is 0 Å². The van der Waals surface area contributed by atoms with Crippen molar-refractivity contribution < 1.29 is 4.39 Å². The van der Waals surface area contributed by atoms with Crippen LogP contribution in [0.1, 0.15) is 5.56 Å². The summed E-state index contributed by atoms with van der Waals surface area (Å²) in [6.45, 7) is 0. The van der Waals surface area contributed by atoms with Crippen molar-refractivity contribution in [3.8, 4) is 0 Å². The third kappa shape index (κ3) is 1.14. The van der Waals surface area contributed by atoms with Gasteiger partial charge >= 0.3 is 0 Å². The van der Waals surface area contributed by atoms with Crippen molar-refractivity contribution in [3.63, 3.8) is 0 Å². The van der Waals surface area contributed by atoms with Gasteiger partial charge in [-0.1, -0.05) is 6.32 Å². The largest absolute Gasteiger partial charge is 0.207 e. The molecule has 0 N–H and O–H groups in total. The molecule has 0 nitrogen and oxygen atoms in total. The number of hydrogen-bond donors (Lipinski definition) is 0. The predicted octanol–water partition coefficient (Wildman–Crippen LogP) is 2.71. The van der Waals surface area contributed by atoms with Crippen LogP contribution in [0.5, 0.6) is 0 Å². The summed E-state index contributed by atoms with van der Waals surface area (Å²) in [5, 5.41) is 2.92. The standard InChI is InChI=1S/C9H6BFS/c10-4-6-5-12-9-2-1-7(11)3-8(6)9/h1-3,5H,4H2. The Morgan fingerprint density at radius 1 is 1.42 bits per heavy atom. The molecule has 2 aromatic rings. The lowest BCUT2D eigenvalue weighted by Gasteiger charge is -1.93. The molecule has 58 valence electrons. The Morgan fingerprint density at radius 3 is 3.00 bits per heavy atom. The van der Waals surface area contributed by atoms with Crippen LogP contribution < -0.4 is 0 Å². The average Bonchev–Trinajstić information content (AvgIpc) is 2.46. The second-order valence-corrected chi connectivity index (χ2v) is 3.52. The van der Waals surface area contributed by atoms with Gasteiger partial charge in [0.25, 0.3) is 0 Å². The lowest BCUT2D eigenvalue weighted by Crippen LogP contribution is -1.80. The highest BCUT2D eigenvalue weighted by molar-refractivity contribution is 7.17. The minimum atomic E-state index is -0.199. The van der Waals surface area contributed by atoms with Crippen molar-refractivity contribution in [2.75, 3.05) is 0 Å². The van der Waals surface area contributed by atoms with E-state index in [4.69, 9.17) is 7.85 Å². The maximum absolute atomic E-state index is 12.8. The third-order valence-electron chi connectivity index (χ3n) is 1.84. The molecule has 1 aromatic carbocycles. The van der Waals surface area contributed by atoms with Crippen LogP contribution in [-0.4, -0.2) is 7.85 Å². The van der Waals surface area contributed by atoms with Crippen molar-refractivity contribution in [1.29, 1.82) is 0 Å². The van der Waals surface area contributed by atoms with Crippen LogP contribution in [0.2, 0.25) is 0 Å². The number of benzene rings is 1. The predicted molar refractivity (Wildman–Crippen MR) is 51.2 cm³/mol. The van der Waals surface area contributed by atoms with Crippen molar-refractivity contribution in [1.82, 2.24) is 0 Å². The van der Waals surface area contributed by atoms with Gasteiger partial charge in [0.2, 0.25) is 0 Å². The zero-order valence-electron chi connectivity index (χ0n) is 6.38. The highest BCUT2D eigenvalue weighted by atomic mass is 32.1. The van der Waals surface area contributed by atoms with Gasteiger partial charge < -0.3 is 0 Å². The summed E-state index contributed by atoms with van der Waals surface area (Å²) in [5.74, 6) is -0.199. The Labute approximate surface area is 75.4 Å². The molecule has 0 unspecified atom stereocenters. The van der Waals surface area contributed by atoms with Crippen LogP contribution in [0.3, 0.4) is 0 Å². The Kier molecular flexibility index (Phi) is 1.89. The van der Waals surface area contributed by atoms with Gasteiger partial charge in [-0.25, -0.2) is 4.39 Å². The maximum Gasteiger partial charge on any atom is 0.123 e. The summed E-state index contributed by atoms with van der Waals surface area (Å²) in [7, 11) is 5.49. The van der Waals surface area contributed by atoms with Gasteiger partial charge in [0, 0.05) is 4.70 Å². The van der Waals surface area contributed by atoms with Crippen LogP contribution in [0, 0.1) is 5.82 Å². The molecule has 3 heteroatoms. The molecule has 0 aliphatic carbocycles. The molecule has 2 rings (SSSR count). The van der Waals surface area contributed by atoms with E-state index in [0.717, 1.165) is 15.6 Å². The van der Waals surface area contributed by atoms with E-state index in [0.29, 0.717) is 6.32 Å². The molecule has 0 aliphatic heterocycles. The number of thiophene rings is 1. The molecule has 0 amide bonds. The first-order valence-electron chi connectivity index (χ1n) is 3.67. The summed E-state index contributed by atoms with van der Waals surface area (Å²) in [4.78, 5) is 0. The zero-order valence-corrected chi connectivity index (χ0v) is 7.20. The van der Waals surface area contributed by atoms with E-state index in [1.807, 2.05) is 5.38 Å². The highest BCUT2D eigenvalue weighted by Gasteiger charge is 2.02. The summed E-state index contributed by atoms with van der Waals surface area (Å²) < 4.78 is 13.9. The second-order valence-electron chi connectivity index (χ2n) is 2.61. The van der Waals surface area contributed by atoms with E-state index in [9.17, 15) is 4.39 Å². The van der Waals surface area contributed by atoms with Gasteiger partial charge in [-0.15, -0.1) is 11.3 Å². The Hall–Kier alpha value is -0.825. The zero-order chi connectivity index (χ0) is 8.55. The lowest BCUT2D eigenvalue weighted by atomic mass is 9.97. The van der Waals surface area contributed by atoms with Crippen LogP contribution in [-0.2, 0) is 6.32 Å². The number of rotatable bonds is 1. The van der Waals surface area contributed by atoms with Gasteiger partial charge in [0.05, 0.1) is 7.85 Å². The summed E-state index contributed by atoms with van der Waals surface area (Å²) in [5.41, 5.74) is 1.02. The molecule has 0 bridgehead atoms. The molecule has 0 saturated heterocycles. The normalized spacial score (nSPS) is 10.8. The first-order valence-corrected chi connectivity index (χ1v) is 4.55. The minimum absolute atomic E-state index is 0.199. The molecule has 12 heavy (non-hydrogen) atoms. The van der Waals surface area contributed by atoms with E-state index >= 15 is 0 Å². The van der Waals surface area contributed by atoms with Crippen LogP contribution in [0.15, 0.2) is 23.6 Å². The fraction of sp³-hybridized carbons (Fsp3) is 0.111. The van der Waals surface area contributed by atoms with E-state index in [1.54, 1.807) is 17.4 Å². The molecule has 0 fully saturated rings. The van der Waals surface area contributed by atoms with Crippen molar-refractivity contribution in [3.05, 3.63) is 35.0 Å². The van der Waals surface area contributed by atoms with Gasteiger partial charge in [0.15, 0.2) is 0 Å². The molecule has 1 heterocycles. The third-order valence-corrected chi connectivity index (χ3v) is 2.85. The molecular formula is C9H6BFS. The average molecular weight is 176 g/mol. The van der Waals surface area contributed by atoms with E-state index in [2.05, 4.69) is 0 Å². The van der Waals surface area contributed by atoms with Gasteiger partial charge in [-0.05, 0) is 34.5 Å². The minimum Gasteiger partial charge on any atom is -0.207 e. The molecule has 0 saturated carbocycles. The highest BCUT2D eigenvalue weighted by Crippen LogP contribution is 2.26. The van der Waals surface area contributed by atoms with E-state index in [-0.39, 0.29) is 5.82 Å². The molecule has 1 aromatic heterocycles. The quantitative estimate of drug-likeness (QED) is 0.586. The van der Waals surface area contributed by atoms with Crippen LogP contribution in [0.25, 0.3) is 10.1 Å². The van der Waals surface area contributed by atoms with Crippen molar-refractivity contribution >= 4 is 29.3 Å². The van der Waals surface area contributed by atoms with Crippen LogP contribution in [0.4, 0.5) is 4.39 Å². The summed E-state index contributed by atoms with van der Waals surface area (Å²) in [6, 6.07) is 4.79. The van der Waals surface area contributed by atoms with Crippen molar-refractivity contribution in [2.45, 2.75) is 6.32 Å². The second kappa shape index (κ2) is 2.90. The molecule has 0 aliphatic rings. The Balaban J connectivity index is 2.75. The van der Waals surface area contributed by atoms with Gasteiger partial charge in [-0.2, -0.15) is 0 Å². The van der Waals surface area contributed by atoms with E-state index < -0.39 is 0 Å². The number of halogens is 1. The maximum atomic E-state index is 12.8. The Morgan fingerprint density at radius 2 is 2.25 bits per heavy atom. The molecule has 0 atom stereocenters. The summed E-state index contributed by atoms with van der Waals surface area (Å²) >= 11 is 1.60. The smallest absolute Gasteiger partial charge is 0.123 e. The number of fused-ring (bicyclic) bond motifs is 1. The molecule has 0 spiro atoms. The van der Waals surface area contributed by atoms with Crippen LogP contribution >= 0.6 is 11.3 Å². The van der Waals surface area contributed by atoms with E-state index in [1.165, 1.54) is 12.1 Å². The van der Waals surface area contributed by atoms with Gasteiger partial charge in [0.1, 0.15) is 5.82 Å². The van der Waals surface area contributed by atoms with Gasteiger partial charge in [-0.3, -0.25) is 0 Å². The first kappa shape index (κ1) is 7.81. The first-order chi connectivity index (χ1) is 5.81. The SMILES string of the molecule is [B]Cc1csc2ccc(F)cc12. The fourth-order valence-corrected chi connectivity index (χ4v) is 2.17. The lowest BCUT2D eigenvalue weighted by molar-refractivity contribution is 0.630. The molecule has 2 radical (unpaired) electrons.